The molecule has 2 aromatic rings. The molecule has 2 rings (SSSR count). The third-order valence-electron chi connectivity index (χ3n) is 4.46. The van der Waals surface area contributed by atoms with Crippen molar-refractivity contribution in [3.05, 3.63) is 42.0 Å². The summed E-state index contributed by atoms with van der Waals surface area (Å²) in [6.45, 7) is 2.07. The Bertz CT molecular complexity index is 741. The predicted octanol–water partition coefficient (Wildman–Crippen LogP) is 1.87. The maximum Gasteiger partial charge on any atom is 0.203 e. The average molecular weight is 407 g/mol. The number of rotatable bonds is 11. The molecule has 0 spiro atoms. The Labute approximate surface area is 170 Å². The smallest absolute Gasteiger partial charge is 0.203 e. The minimum Gasteiger partial charge on any atom is -0.508 e. The highest BCUT2D eigenvalue weighted by Gasteiger charge is 2.18. The van der Waals surface area contributed by atoms with E-state index in [0.29, 0.717) is 28.6 Å². The molecule has 4 N–H and O–H groups in total. The highest BCUT2D eigenvalue weighted by molar-refractivity contribution is 5.55. The van der Waals surface area contributed by atoms with Crippen LogP contribution >= 0.6 is 0 Å². The Morgan fingerprint density at radius 3 is 2.03 bits per heavy atom. The first-order valence-electron chi connectivity index (χ1n) is 9.20. The normalized spacial score (nSPS) is 14.0. The molecule has 0 saturated heterocycles. The molecule has 0 aliphatic heterocycles. The number of nitrogens with one attached hydrogen (secondary N) is 1. The summed E-state index contributed by atoms with van der Waals surface area (Å²) in [6.07, 6.45) is -1.58. The van der Waals surface area contributed by atoms with Gasteiger partial charge in [-0.15, -0.1) is 0 Å². The zero-order chi connectivity index (χ0) is 21.4. The number of aliphatic hydroxyl groups is 2. The molecule has 0 fully saturated rings. The van der Waals surface area contributed by atoms with Crippen molar-refractivity contribution in [2.45, 2.75) is 25.2 Å². The molecule has 0 heterocycles. The van der Waals surface area contributed by atoms with Crippen molar-refractivity contribution in [1.82, 2.24) is 5.32 Å². The van der Waals surface area contributed by atoms with E-state index in [2.05, 4.69) is 5.32 Å². The van der Waals surface area contributed by atoms with Gasteiger partial charge in [-0.25, -0.2) is 0 Å². The molecule has 0 radical (unpaired) electrons. The van der Waals surface area contributed by atoms with Crippen LogP contribution in [-0.2, 0) is 0 Å². The van der Waals surface area contributed by atoms with Gasteiger partial charge >= 0.3 is 0 Å². The quantitative estimate of drug-likeness (QED) is 0.447. The Hall–Kier alpha value is -2.68. The highest BCUT2D eigenvalue weighted by atomic mass is 16.5. The Kier molecular flexibility index (Phi) is 8.38. The zero-order valence-electron chi connectivity index (χ0n) is 17.1. The van der Waals surface area contributed by atoms with E-state index in [0.717, 1.165) is 0 Å². The fourth-order valence-electron chi connectivity index (χ4n) is 2.79. The third-order valence-corrected chi connectivity index (χ3v) is 4.46. The lowest BCUT2D eigenvalue weighted by molar-refractivity contribution is 0.0873. The predicted molar refractivity (Wildman–Crippen MR) is 108 cm³/mol. The minimum absolute atomic E-state index is 0.0354. The van der Waals surface area contributed by atoms with Crippen LogP contribution in [0.4, 0.5) is 0 Å². The first-order chi connectivity index (χ1) is 13.9. The topological polar surface area (TPSA) is 110 Å². The standard InChI is InChI=1S/C21H29NO7/c1-13(20(25)14-5-7-15(23)8-6-14)22-11-16(24)12-29-17-9-18(26-2)21(28-4)19(10-17)27-3/h5-10,13,16,20,22-25H,11-12H2,1-4H3. The molecule has 0 bridgehead atoms. The van der Waals surface area contributed by atoms with Crippen LogP contribution in [0.5, 0.6) is 28.7 Å². The monoisotopic (exact) mass is 407 g/mol. The van der Waals surface area contributed by atoms with Gasteiger partial charge in [-0.3, -0.25) is 0 Å². The van der Waals surface area contributed by atoms with E-state index >= 15 is 0 Å². The van der Waals surface area contributed by atoms with Crippen LogP contribution in [0.2, 0.25) is 0 Å². The van der Waals surface area contributed by atoms with E-state index in [4.69, 9.17) is 18.9 Å². The number of methoxy groups -OCH3 is 3. The summed E-state index contributed by atoms with van der Waals surface area (Å²) < 4.78 is 21.5. The third kappa shape index (κ3) is 6.15. The molecule has 3 atom stereocenters. The first-order valence-corrected chi connectivity index (χ1v) is 9.20. The number of aliphatic hydroxyl groups excluding tert-OH is 2. The largest absolute Gasteiger partial charge is 0.508 e. The molecular weight excluding hydrogens is 378 g/mol. The fourth-order valence-corrected chi connectivity index (χ4v) is 2.79. The van der Waals surface area contributed by atoms with Gasteiger partial charge in [0.2, 0.25) is 5.75 Å². The minimum atomic E-state index is -0.802. The van der Waals surface area contributed by atoms with Crippen LogP contribution in [-0.4, -0.2) is 61.9 Å². The van der Waals surface area contributed by atoms with Gasteiger partial charge in [0.15, 0.2) is 11.5 Å². The van der Waals surface area contributed by atoms with Crippen molar-refractivity contribution in [2.75, 3.05) is 34.5 Å². The average Bonchev–Trinajstić information content (AvgIpc) is 2.74. The SMILES string of the molecule is COc1cc(OCC(O)CNC(C)C(O)c2ccc(O)cc2)cc(OC)c1OC. The second-order valence-electron chi connectivity index (χ2n) is 6.56. The number of phenolic OH excluding ortho intramolecular Hbond substituents is 1. The molecule has 8 heteroatoms. The molecule has 0 aromatic heterocycles. The van der Waals surface area contributed by atoms with Crippen LogP contribution < -0.4 is 24.3 Å². The molecule has 3 unspecified atom stereocenters. The highest BCUT2D eigenvalue weighted by Crippen LogP contribution is 2.40. The van der Waals surface area contributed by atoms with Gasteiger partial charge < -0.3 is 39.6 Å². The van der Waals surface area contributed by atoms with Gasteiger partial charge in [0, 0.05) is 24.7 Å². The van der Waals surface area contributed by atoms with E-state index in [1.165, 1.54) is 33.5 Å². The second-order valence-corrected chi connectivity index (χ2v) is 6.56. The van der Waals surface area contributed by atoms with E-state index < -0.39 is 12.2 Å². The van der Waals surface area contributed by atoms with Crippen LogP contribution in [0.1, 0.15) is 18.6 Å². The van der Waals surface area contributed by atoms with Gasteiger partial charge in [-0.1, -0.05) is 12.1 Å². The first kappa shape index (κ1) is 22.6. The van der Waals surface area contributed by atoms with E-state index in [1.54, 1.807) is 24.3 Å². The molecule has 8 nitrogen and oxygen atoms in total. The van der Waals surface area contributed by atoms with Crippen LogP contribution in [0.15, 0.2) is 36.4 Å². The lowest BCUT2D eigenvalue weighted by Gasteiger charge is -2.22. The van der Waals surface area contributed by atoms with Crippen molar-refractivity contribution in [1.29, 1.82) is 0 Å². The number of phenols is 1. The fraction of sp³-hybridized carbons (Fsp3) is 0.429. The molecule has 0 saturated carbocycles. The summed E-state index contributed by atoms with van der Waals surface area (Å²) in [5, 5.41) is 33.0. The number of ether oxygens (including phenoxy) is 4. The van der Waals surface area contributed by atoms with Gasteiger partial charge in [0.25, 0.3) is 0 Å². The molecular formula is C21H29NO7. The maximum absolute atomic E-state index is 10.4. The summed E-state index contributed by atoms with van der Waals surface area (Å²) in [6, 6.07) is 9.34. The summed E-state index contributed by atoms with van der Waals surface area (Å²) in [7, 11) is 4.55. The molecule has 0 aliphatic rings. The maximum atomic E-state index is 10.4. The molecule has 0 aliphatic carbocycles. The summed E-state index contributed by atoms with van der Waals surface area (Å²) in [4.78, 5) is 0. The van der Waals surface area contributed by atoms with Crippen molar-refractivity contribution in [3.8, 4) is 28.7 Å². The van der Waals surface area contributed by atoms with Crippen molar-refractivity contribution in [2.24, 2.45) is 0 Å². The van der Waals surface area contributed by atoms with E-state index in [1.807, 2.05) is 6.92 Å². The summed E-state index contributed by atoms with van der Waals surface area (Å²) in [5.74, 6) is 1.98. The van der Waals surface area contributed by atoms with Crippen LogP contribution in [0, 0.1) is 0 Å². The molecule has 0 amide bonds. The van der Waals surface area contributed by atoms with Crippen molar-refractivity contribution >= 4 is 0 Å². The Balaban J connectivity index is 1.88. The van der Waals surface area contributed by atoms with Gasteiger partial charge in [-0.05, 0) is 24.6 Å². The van der Waals surface area contributed by atoms with Gasteiger partial charge in [0.05, 0.1) is 27.4 Å². The molecule has 2 aromatic carbocycles. The summed E-state index contributed by atoms with van der Waals surface area (Å²) in [5.41, 5.74) is 0.672. The van der Waals surface area contributed by atoms with E-state index in [9.17, 15) is 15.3 Å². The van der Waals surface area contributed by atoms with Crippen LogP contribution in [0.25, 0.3) is 0 Å². The number of benzene rings is 2. The lowest BCUT2D eigenvalue weighted by Crippen LogP contribution is -2.39. The number of aromatic hydroxyl groups is 1. The van der Waals surface area contributed by atoms with Gasteiger partial charge in [-0.2, -0.15) is 0 Å². The number of hydrogen-bond acceptors (Lipinski definition) is 8. The van der Waals surface area contributed by atoms with Crippen LogP contribution in [0.3, 0.4) is 0 Å². The molecule has 160 valence electrons. The van der Waals surface area contributed by atoms with Crippen molar-refractivity contribution in [3.63, 3.8) is 0 Å². The lowest BCUT2D eigenvalue weighted by atomic mass is 10.0. The second kappa shape index (κ2) is 10.8. The summed E-state index contributed by atoms with van der Waals surface area (Å²) >= 11 is 0. The van der Waals surface area contributed by atoms with Gasteiger partial charge in [0.1, 0.15) is 24.2 Å². The Morgan fingerprint density at radius 1 is 0.931 bits per heavy atom. The Morgan fingerprint density at radius 2 is 1.52 bits per heavy atom. The number of hydrogen-bond donors (Lipinski definition) is 4. The van der Waals surface area contributed by atoms with E-state index in [-0.39, 0.29) is 24.9 Å². The zero-order valence-corrected chi connectivity index (χ0v) is 17.1. The van der Waals surface area contributed by atoms with Crippen molar-refractivity contribution < 1.29 is 34.3 Å². The molecule has 29 heavy (non-hydrogen) atoms.